The summed E-state index contributed by atoms with van der Waals surface area (Å²) >= 11 is 0. The number of hydrogen-bond acceptors (Lipinski definition) is 4. The molecule has 0 aliphatic carbocycles. The number of nitrogens with zero attached hydrogens (tertiary/aromatic N) is 2. The molecule has 2 aromatic rings. The average molecular weight is 325 g/mol. The SMILES string of the molecule is CC[C@H]1CN2CC[C@H]1C[C@H]2[C@H](N)c1ccnc2ccc(OC)cc12. The molecule has 0 saturated carbocycles. The standard InChI is InChI=1S/C20H27N3O/c1-3-13-12-23-9-7-14(13)10-19(23)20(21)16-6-8-22-18-5-4-15(24-2)11-17(16)18/h4-6,8,11,13-14,19-20H,3,7,9-10,12,21H2,1-2H3/t13-,14-,19-,20+/m0/s1. The van der Waals surface area contributed by atoms with Gasteiger partial charge in [0.2, 0.25) is 0 Å². The van der Waals surface area contributed by atoms with Crippen molar-refractivity contribution in [3.8, 4) is 5.75 Å². The number of piperidine rings is 3. The third kappa shape index (κ3) is 2.58. The fourth-order valence-electron chi connectivity index (χ4n) is 4.79. The monoisotopic (exact) mass is 325 g/mol. The molecule has 3 saturated heterocycles. The molecule has 0 amide bonds. The molecule has 0 radical (unpaired) electrons. The van der Waals surface area contributed by atoms with Crippen LogP contribution in [0.1, 0.15) is 37.8 Å². The highest BCUT2D eigenvalue weighted by Crippen LogP contribution is 2.42. The number of ether oxygens (including phenoxy) is 1. The number of aromatic nitrogens is 1. The molecule has 2 N–H and O–H groups in total. The lowest BCUT2D eigenvalue weighted by Crippen LogP contribution is -2.56. The van der Waals surface area contributed by atoms with E-state index in [0.717, 1.165) is 28.5 Å². The molecule has 3 fully saturated rings. The lowest BCUT2D eigenvalue weighted by atomic mass is 9.72. The first-order chi connectivity index (χ1) is 11.7. The highest BCUT2D eigenvalue weighted by Gasteiger charge is 2.41. The van der Waals surface area contributed by atoms with Crippen molar-refractivity contribution >= 4 is 10.9 Å². The van der Waals surface area contributed by atoms with Crippen LogP contribution in [0.3, 0.4) is 0 Å². The van der Waals surface area contributed by atoms with Crippen molar-refractivity contribution in [2.24, 2.45) is 17.6 Å². The zero-order valence-corrected chi connectivity index (χ0v) is 14.6. The van der Waals surface area contributed by atoms with Crippen LogP contribution < -0.4 is 10.5 Å². The second-order valence-electron chi connectivity index (χ2n) is 7.32. The summed E-state index contributed by atoms with van der Waals surface area (Å²) in [6.07, 6.45) is 5.74. The van der Waals surface area contributed by atoms with Crippen LogP contribution in [-0.2, 0) is 0 Å². The summed E-state index contributed by atoms with van der Waals surface area (Å²) in [4.78, 5) is 7.12. The van der Waals surface area contributed by atoms with Crippen LogP contribution in [-0.4, -0.2) is 36.1 Å². The van der Waals surface area contributed by atoms with Gasteiger partial charge in [0.05, 0.1) is 12.6 Å². The predicted molar refractivity (Wildman–Crippen MR) is 97.1 cm³/mol. The van der Waals surface area contributed by atoms with Gasteiger partial charge in [-0.2, -0.15) is 0 Å². The molecule has 1 aromatic carbocycles. The molecule has 1 unspecified atom stereocenters. The Balaban J connectivity index is 1.68. The number of fused-ring (bicyclic) bond motifs is 4. The number of benzene rings is 1. The molecule has 4 heterocycles. The molecule has 5 atom stereocenters. The summed E-state index contributed by atoms with van der Waals surface area (Å²) in [5.41, 5.74) is 8.98. The molecular formula is C20H27N3O. The second-order valence-corrected chi connectivity index (χ2v) is 7.32. The van der Waals surface area contributed by atoms with E-state index >= 15 is 0 Å². The first-order valence-electron chi connectivity index (χ1n) is 9.13. The third-order valence-electron chi connectivity index (χ3n) is 6.22. The van der Waals surface area contributed by atoms with Crippen LogP contribution in [0.25, 0.3) is 10.9 Å². The topological polar surface area (TPSA) is 51.4 Å². The number of methoxy groups -OCH3 is 1. The quantitative estimate of drug-likeness (QED) is 0.936. The van der Waals surface area contributed by atoms with Crippen molar-refractivity contribution in [2.75, 3.05) is 20.2 Å². The van der Waals surface area contributed by atoms with E-state index in [4.69, 9.17) is 10.5 Å². The first kappa shape index (κ1) is 15.9. The Bertz CT molecular complexity index is 732. The van der Waals surface area contributed by atoms with E-state index in [9.17, 15) is 0 Å². The highest BCUT2D eigenvalue weighted by atomic mass is 16.5. The molecule has 128 valence electrons. The van der Waals surface area contributed by atoms with Crippen molar-refractivity contribution < 1.29 is 4.74 Å². The third-order valence-corrected chi connectivity index (χ3v) is 6.22. The van der Waals surface area contributed by atoms with Gasteiger partial charge in [-0.1, -0.05) is 13.3 Å². The number of nitrogens with two attached hydrogens (primary N) is 1. The van der Waals surface area contributed by atoms with Crippen LogP contribution in [0.5, 0.6) is 5.75 Å². The van der Waals surface area contributed by atoms with Crippen molar-refractivity contribution in [1.82, 2.24) is 9.88 Å². The van der Waals surface area contributed by atoms with Gasteiger partial charge in [-0.15, -0.1) is 0 Å². The van der Waals surface area contributed by atoms with E-state index in [2.05, 4.69) is 28.9 Å². The molecule has 4 nitrogen and oxygen atoms in total. The van der Waals surface area contributed by atoms with Gasteiger partial charge in [-0.05, 0) is 61.1 Å². The Morgan fingerprint density at radius 1 is 1.38 bits per heavy atom. The van der Waals surface area contributed by atoms with Crippen LogP contribution in [0.2, 0.25) is 0 Å². The fraction of sp³-hybridized carbons (Fsp3) is 0.550. The Hall–Kier alpha value is -1.65. The van der Waals surface area contributed by atoms with Gasteiger partial charge in [0.15, 0.2) is 0 Å². The second kappa shape index (κ2) is 6.34. The van der Waals surface area contributed by atoms with Gasteiger partial charge in [0.25, 0.3) is 0 Å². The molecule has 4 heteroatoms. The first-order valence-corrected chi connectivity index (χ1v) is 9.13. The molecule has 1 aromatic heterocycles. The smallest absolute Gasteiger partial charge is 0.119 e. The Labute approximate surface area is 144 Å². The van der Waals surface area contributed by atoms with Crippen LogP contribution in [0.15, 0.2) is 30.5 Å². The molecule has 5 rings (SSSR count). The van der Waals surface area contributed by atoms with Crippen LogP contribution in [0, 0.1) is 11.8 Å². The van der Waals surface area contributed by atoms with Crippen LogP contribution in [0.4, 0.5) is 0 Å². The van der Waals surface area contributed by atoms with E-state index in [1.807, 2.05) is 18.3 Å². The summed E-state index contributed by atoms with van der Waals surface area (Å²) < 4.78 is 5.40. The number of pyridine rings is 1. The predicted octanol–water partition coefficient (Wildman–Crippen LogP) is 3.36. The highest BCUT2D eigenvalue weighted by molar-refractivity contribution is 5.84. The number of hydrogen-bond donors (Lipinski definition) is 1. The molecule has 0 spiro atoms. The lowest BCUT2D eigenvalue weighted by molar-refractivity contribution is -0.0105. The van der Waals surface area contributed by atoms with E-state index in [-0.39, 0.29) is 6.04 Å². The van der Waals surface area contributed by atoms with Crippen LogP contribution >= 0.6 is 0 Å². The van der Waals surface area contributed by atoms with Crippen molar-refractivity contribution in [2.45, 2.75) is 38.3 Å². The Kier molecular flexibility index (Phi) is 4.19. The summed E-state index contributed by atoms with van der Waals surface area (Å²) in [5.74, 6) is 2.57. The maximum Gasteiger partial charge on any atom is 0.119 e. The average Bonchev–Trinajstić information content (AvgIpc) is 2.66. The van der Waals surface area contributed by atoms with Gasteiger partial charge in [-0.25, -0.2) is 0 Å². The minimum absolute atomic E-state index is 0.0308. The molecule has 3 aliphatic rings. The van der Waals surface area contributed by atoms with Crippen molar-refractivity contribution in [3.05, 3.63) is 36.0 Å². The lowest BCUT2D eigenvalue weighted by Gasteiger charge is -2.51. The summed E-state index contributed by atoms with van der Waals surface area (Å²) in [5, 5.41) is 1.12. The van der Waals surface area contributed by atoms with E-state index < -0.39 is 0 Å². The summed E-state index contributed by atoms with van der Waals surface area (Å²) in [6, 6.07) is 8.62. The van der Waals surface area contributed by atoms with E-state index in [0.29, 0.717) is 6.04 Å². The zero-order valence-electron chi connectivity index (χ0n) is 14.6. The molecular weight excluding hydrogens is 298 g/mol. The number of rotatable bonds is 4. The van der Waals surface area contributed by atoms with Gasteiger partial charge in [-0.3, -0.25) is 9.88 Å². The van der Waals surface area contributed by atoms with Gasteiger partial charge < -0.3 is 10.5 Å². The summed E-state index contributed by atoms with van der Waals surface area (Å²) in [6.45, 7) is 4.74. The molecule has 2 bridgehead atoms. The zero-order chi connectivity index (χ0) is 16.7. The molecule has 3 aliphatic heterocycles. The van der Waals surface area contributed by atoms with Crippen molar-refractivity contribution in [1.29, 1.82) is 0 Å². The maximum absolute atomic E-state index is 6.79. The van der Waals surface area contributed by atoms with Crippen molar-refractivity contribution in [3.63, 3.8) is 0 Å². The van der Waals surface area contributed by atoms with Gasteiger partial charge in [0, 0.05) is 30.2 Å². The Morgan fingerprint density at radius 3 is 2.96 bits per heavy atom. The van der Waals surface area contributed by atoms with E-state index in [1.54, 1.807) is 7.11 Å². The normalized spacial score (nSPS) is 30.5. The maximum atomic E-state index is 6.79. The minimum atomic E-state index is 0.0308. The largest absolute Gasteiger partial charge is 0.497 e. The Morgan fingerprint density at radius 2 is 2.25 bits per heavy atom. The fourth-order valence-corrected chi connectivity index (χ4v) is 4.79. The van der Waals surface area contributed by atoms with Gasteiger partial charge >= 0.3 is 0 Å². The molecule has 24 heavy (non-hydrogen) atoms. The van der Waals surface area contributed by atoms with Gasteiger partial charge in [0.1, 0.15) is 5.75 Å². The minimum Gasteiger partial charge on any atom is -0.497 e. The summed E-state index contributed by atoms with van der Waals surface area (Å²) in [7, 11) is 1.70. The van der Waals surface area contributed by atoms with E-state index in [1.165, 1.54) is 37.9 Å².